The SMILES string of the molecule is CC1CC/C(c2cccc(-c3cccc4c3C(C)(C)c3ccccc3C43c4ccccc4-n4c5ccccc5c5cccc3c54)c2)=N\C(c2ccc(-c3ccccc3)cc2)=N/C1c1ccccc1. The van der Waals surface area contributed by atoms with E-state index in [2.05, 4.69) is 244 Å². The van der Waals surface area contributed by atoms with Gasteiger partial charge in [0.15, 0.2) is 5.84 Å². The third kappa shape index (κ3) is 5.98. The van der Waals surface area contributed by atoms with Crippen LogP contribution in [0.5, 0.6) is 0 Å². The fourth-order valence-electron chi connectivity index (χ4n) is 12.4. The van der Waals surface area contributed by atoms with E-state index in [1.807, 2.05) is 0 Å². The molecule has 0 amide bonds. The number of nitrogens with zero attached hydrogens (tertiary/aromatic N) is 3. The predicted octanol–water partition coefficient (Wildman–Crippen LogP) is 15.9. The highest BCUT2D eigenvalue weighted by Crippen LogP contribution is 2.61. The molecule has 0 N–H and O–H groups in total. The third-order valence-electron chi connectivity index (χ3n) is 15.5. The quantitative estimate of drug-likeness (QED) is 0.165. The first-order valence-corrected chi connectivity index (χ1v) is 24.2. The van der Waals surface area contributed by atoms with E-state index in [-0.39, 0.29) is 11.5 Å². The van der Waals surface area contributed by atoms with Crippen molar-refractivity contribution in [3.8, 4) is 27.9 Å². The Bertz CT molecular complexity index is 3670. The van der Waals surface area contributed by atoms with Gasteiger partial charge in [0.2, 0.25) is 0 Å². The molecule has 3 nitrogen and oxygen atoms in total. The van der Waals surface area contributed by atoms with Crippen LogP contribution >= 0.6 is 0 Å². The van der Waals surface area contributed by atoms with Crippen LogP contribution in [0.25, 0.3) is 49.7 Å². The number of aliphatic imine (C=N–C) groups is 2. The molecule has 10 aromatic rings. The van der Waals surface area contributed by atoms with Crippen molar-refractivity contribution in [3.63, 3.8) is 0 Å². The maximum atomic E-state index is 5.59. The first-order chi connectivity index (χ1) is 33.4. The van der Waals surface area contributed by atoms with Crippen LogP contribution in [0.1, 0.15) is 89.7 Å². The molecule has 3 heteroatoms. The van der Waals surface area contributed by atoms with Gasteiger partial charge in [-0.25, -0.2) is 4.99 Å². The topological polar surface area (TPSA) is 29.6 Å². The van der Waals surface area contributed by atoms with Gasteiger partial charge in [0.25, 0.3) is 0 Å². The van der Waals surface area contributed by atoms with Gasteiger partial charge in [-0.15, -0.1) is 0 Å². The van der Waals surface area contributed by atoms with E-state index in [1.54, 1.807) is 0 Å². The maximum Gasteiger partial charge on any atom is 0.155 e. The van der Waals surface area contributed by atoms with Crippen LogP contribution in [0.2, 0.25) is 0 Å². The van der Waals surface area contributed by atoms with Gasteiger partial charge in [-0.05, 0) is 104 Å². The first-order valence-electron chi connectivity index (χ1n) is 24.2. The smallest absolute Gasteiger partial charge is 0.155 e. The molecule has 68 heavy (non-hydrogen) atoms. The molecule has 1 aromatic heterocycles. The number of hydrogen-bond donors (Lipinski definition) is 0. The first kappa shape index (κ1) is 40.4. The van der Waals surface area contributed by atoms with Crippen molar-refractivity contribution >= 4 is 33.4 Å². The molecule has 3 unspecified atom stereocenters. The summed E-state index contributed by atoms with van der Waals surface area (Å²) in [6.45, 7) is 7.23. The number of rotatable bonds is 5. The lowest BCUT2D eigenvalue weighted by Gasteiger charge is -2.50. The Kier molecular flexibility index (Phi) is 9.27. The highest BCUT2D eigenvalue weighted by Gasteiger charge is 2.53. The summed E-state index contributed by atoms with van der Waals surface area (Å²) < 4.78 is 2.53. The molecule has 0 saturated heterocycles. The summed E-state index contributed by atoms with van der Waals surface area (Å²) in [6, 6.07) is 80.9. The fourth-order valence-corrected chi connectivity index (χ4v) is 12.4. The van der Waals surface area contributed by atoms with Crippen LogP contribution in [0.3, 0.4) is 0 Å². The standard InChI is InChI=1S/C65H51N3/c1-42-35-40-57(66-63(67-61(42)45-21-8-5-9-22-45)46-38-36-44(37-39-46)43-19-6-4-7-20-43)48-24-16-23-47(41-48)49-26-17-31-55-60(49)64(2,3)52-28-11-12-29-53(52)65(55)54-30-13-15-34-59(54)68-58-33-14-10-25-50(58)51-27-18-32-56(65)62(51)68/h4-34,36-39,41-42,61H,35,40H2,1-3H3/b66-57+,67-63-. The van der Waals surface area contributed by atoms with Gasteiger partial charge in [0.1, 0.15) is 0 Å². The molecule has 0 fully saturated rings. The second-order valence-corrected chi connectivity index (χ2v) is 19.6. The zero-order valence-electron chi connectivity index (χ0n) is 38.7. The number of amidine groups is 1. The van der Waals surface area contributed by atoms with Crippen LogP contribution in [0.15, 0.2) is 228 Å². The van der Waals surface area contributed by atoms with E-state index in [1.165, 1.54) is 88.7 Å². The van der Waals surface area contributed by atoms with Crippen LogP contribution in [-0.4, -0.2) is 16.1 Å². The fraction of sp³-hybridized carbons (Fsp3) is 0.138. The minimum atomic E-state index is -0.563. The monoisotopic (exact) mass is 873 g/mol. The molecule has 0 saturated carbocycles. The van der Waals surface area contributed by atoms with Crippen molar-refractivity contribution in [2.75, 3.05) is 0 Å². The zero-order valence-corrected chi connectivity index (χ0v) is 38.7. The lowest BCUT2D eigenvalue weighted by Crippen LogP contribution is -2.44. The normalized spacial score (nSPS) is 20.6. The van der Waals surface area contributed by atoms with E-state index in [9.17, 15) is 0 Å². The van der Waals surface area contributed by atoms with E-state index < -0.39 is 5.41 Å². The van der Waals surface area contributed by atoms with Crippen molar-refractivity contribution in [2.24, 2.45) is 15.9 Å². The Morgan fingerprint density at radius 1 is 0.485 bits per heavy atom. The molecule has 3 atom stereocenters. The third-order valence-corrected chi connectivity index (χ3v) is 15.5. The highest BCUT2D eigenvalue weighted by molar-refractivity contribution is 6.14. The van der Waals surface area contributed by atoms with Crippen molar-refractivity contribution in [1.29, 1.82) is 0 Å². The Hall–Kier alpha value is -7.88. The van der Waals surface area contributed by atoms with Crippen LogP contribution in [0.4, 0.5) is 0 Å². The average Bonchev–Trinajstić information content (AvgIpc) is 3.73. The number of hydrogen-bond acceptors (Lipinski definition) is 2. The Morgan fingerprint density at radius 2 is 1.07 bits per heavy atom. The van der Waals surface area contributed by atoms with Gasteiger partial charge in [0.05, 0.1) is 33.9 Å². The van der Waals surface area contributed by atoms with Gasteiger partial charge in [0, 0.05) is 21.8 Å². The molecule has 0 radical (unpaired) electrons. The molecule has 0 bridgehead atoms. The zero-order chi connectivity index (χ0) is 45.6. The van der Waals surface area contributed by atoms with E-state index in [0.717, 1.165) is 35.5 Å². The summed E-state index contributed by atoms with van der Waals surface area (Å²) in [5, 5.41) is 2.57. The summed E-state index contributed by atoms with van der Waals surface area (Å²) in [4.78, 5) is 11.1. The van der Waals surface area contributed by atoms with Crippen molar-refractivity contribution in [3.05, 3.63) is 268 Å². The summed E-state index contributed by atoms with van der Waals surface area (Å²) in [6.07, 6.45) is 1.82. The highest BCUT2D eigenvalue weighted by atomic mass is 15.0. The maximum absolute atomic E-state index is 5.59. The molecule has 9 aromatic carbocycles. The minimum Gasteiger partial charge on any atom is -0.309 e. The van der Waals surface area contributed by atoms with Crippen LogP contribution in [0, 0.1) is 5.92 Å². The minimum absolute atomic E-state index is 0.00177. The van der Waals surface area contributed by atoms with Crippen molar-refractivity contribution < 1.29 is 0 Å². The number of aromatic nitrogens is 1. The molecular formula is C65H51N3. The summed E-state index contributed by atoms with van der Waals surface area (Å²) in [5.74, 6) is 1.09. The summed E-state index contributed by atoms with van der Waals surface area (Å²) >= 11 is 0. The molecule has 3 heterocycles. The Morgan fingerprint density at radius 3 is 1.90 bits per heavy atom. The van der Waals surface area contributed by atoms with Crippen molar-refractivity contribution in [2.45, 2.75) is 50.5 Å². The Balaban J connectivity index is 1.01. The summed E-state index contributed by atoms with van der Waals surface area (Å²) in [7, 11) is 0. The lowest BCUT2D eigenvalue weighted by molar-refractivity contribution is 0.446. The average molecular weight is 874 g/mol. The number of benzene rings is 9. The van der Waals surface area contributed by atoms with Crippen LogP contribution in [-0.2, 0) is 10.8 Å². The molecule has 2 aliphatic heterocycles. The van der Waals surface area contributed by atoms with Gasteiger partial charge in [-0.3, -0.25) is 4.99 Å². The number of para-hydroxylation sites is 3. The Labute approximate surface area is 398 Å². The molecular weight excluding hydrogens is 823 g/mol. The second kappa shape index (κ2) is 15.6. The van der Waals surface area contributed by atoms with Crippen molar-refractivity contribution in [1.82, 2.24) is 4.57 Å². The molecule has 3 aliphatic rings. The van der Waals surface area contributed by atoms with Crippen LogP contribution < -0.4 is 0 Å². The molecule has 13 rings (SSSR count). The molecule has 326 valence electrons. The second-order valence-electron chi connectivity index (χ2n) is 19.6. The predicted molar refractivity (Wildman–Crippen MR) is 283 cm³/mol. The van der Waals surface area contributed by atoms with E-state index >= 15 is 0 Å². The molecule has 1 aliphatic carbocycles. The van der Waals surface area contributed by atoms with E-state index in [0.29, 0.717) is 5.92 Å². The lowest BCUT2D eigenvalue weighted by atomic mass is 9.52. The van der Waals surface area contributed by atoms with Gasteiger partial charge >= 0.3 is 0 Å². The van der Waals surface area contributed by atoms with Gasteiger partial charge in [-0.2, -0.15) is 0 Å². The van der Waals surface area contributed by atoms with Gasteiger partial charge < -0.3 is 4.57 Å². The van der Waals surface area contributed by atoms with E-state index in [4.69, 9.17) is 9.98 Å². The number of fused-ring (bicyclic) bond motifs is 11. The largest absolute Gasteiger partial charge is 0.309 e. The van der Waals surface area contributed by atoms with Gasteiger partial charge in [-0.1, -0.05) is 221 Å². The summed E-state index contributed by atoms with van der Waals surface area (Å²) in [5.41, 5.74) is 20.3. The molecule has 1 spiro atoms.